The van der Waals surface area contributed by atoms with Gasteiger partial charge in [-0.25, -0.2) is 4.98 Å². The molecule has 0 unspecified atom stereocenters. The number of nitrogens with zero attached hydrogens (tertiary/aromatic N) is 5. The molecule has 0 saturated heterocycles. The van der Waals surface area contributed by atoms with Crippen LogP contribution in [0.4, 0.5) is 5.69 Å². The largest absolute Gasteiger partial charge is 0.473 e. The number of ether oxygens (including phenoxy) is 1. The second-order valence-corrected chi connectivity index (χ2v) is 4.27. The third-order valence-electron chi connectivity index (χ3n) is 2.45. The Morgan fingerprint density at radius 1 is 1.30 bits per heavy atom. The van der Waals surface area contributed by atoms with Gasteiger partial charge < -0.3 is 10.5 Å². The van der Waals surface area contributed by atoms with Gasteiger partial charge in [0.05, 0.1) is 11.8 Å². The van der Waals surface area contributed by atoms with Gasteiger partial charge in [0.1, 0.15) is 24.3 Å². The summed E-state index contributed by atoms with van der Waals surface area (Å²) in [5, 5.41) is 18.0. The number of rotatable bonds is 3. The first-order chi connectivity index (χ1) is 9.56. The van der Waals surface area contributed by atoms with Crippen molar-refractivity contribution in [3.8, 4) is 23.8 Å². The molecular weight excluding hydrogens is 256 g/mol. The fourth-order valence-corrected chi connectivity index (χ4v) is 1.60. The number of nitrogens with two attached hydrogens (primary N) is 1. The van der Waals surface area contributed by atoms with Crippen LogP contribution in [0.25, 0.3) is 5.82 Å². The van der Waals surface area contributed by atoms with Gasteiger partial charge >= 0.3 is 0 Å². The molecule has 2 rings (SSSR count). The van der Waals surface area contributed by atoms with Crippen molar-refractivity contribution < 1.29 is 4.74 Å². The zero-order valence-electron chi connectivity index (χ0n) is 11.0. The summed E-state index contributed by atoms with van der Waals surface area (Å²) in [4.78, 5) is 8.12. The minimum atomic E-state index is -0.0760. The number of imidazole rings is 1. The van der Waals surface area contributed by atoms with E-state index in [-0.39, 0.29) is 23.4 Å². The first kappa shape index (κ1) is 13.4. The Morgan fingerprint density at radius 3 is 2.65 bits per heavy atom. The third-order valence-corrected chi connectivity index (χ3v) is 2.45. The van der Waals surface area contributed by atoms with Crippen LogP contribution >= 0.6 is 0 Å². The summed E-state index contributed by atoms with van der Waals surface area (Å²) in [7, 11) is 0. The summed E-state index contributed by atoms with van der Waals surface area (Å²) in [6.07, 6.45) is 1.29. The Balaban J connectivity index is 2.52. The third kappa shape index (κ3) is 2.38. The Morgan fingerprint density at radius 2 is 2.05 bits per heavy atom. The highest BCUT2D eigenvalue weighted by Gasteiger charge is 2.14. The van der Waals surface area contributed by atoms with Crippen molar-refractivity contribution >= 4 is 5.69 Å². The van der Waals surface area contributed by atoms with Gasteiger partial charge in [-0.15, -0.1) is 0 Å². The van der Waals surface area contributed by atoms with Crippen LogP contribution in [0.15, 0.2) is 18.5 Å². The summed E-state index contributed by atoms with van der Waals surface area (Å²) < 4.78 is 6.92. The molecule has 2 aromatic heterocycles. The normalized spacial score (nSPS) is 10.1. The SMILES string of the molecule is CC(C)Oc1nc(-n2cnc(C#N)c2C#N)ccc1N. The summed E-state index contributed by atoms with van der Waals surface area (Å²) in [5.41, 5.74) is 6.37. The van der Waals surface area contributed by atoms with Gasteiger partial charge in [-0.2, -0.15) is 15.5 Å². The number of nitrogen functional groups attached to an aromatic ring is 1. The highest BCUT2D eigenvalue weighted by Crippen LogP contribution is 2.22. The maximum absolute atomic E-state index is 9.10. The van der Waals surface area contributed by atoms with E-state index in [9.17, 15) is 0 Å². The number of aromatic nitrogens is 3. The van der Waals surface area contributed by atoms with Crippen LogP contribution in [0.1, 0.15) is 25.2 Å². The molecule has 0 aliphatic carbocycles. The molecule has 0 fully saturated rings. The molecule has 0 aliphatic heterocycles. The van der Waals surface area contributed by atoms with E-state index < -0.39 is 0 Å². The number of hydrogen-bond donors (Lipinski definition) is 1. The van der Waals surface area contributed by atoms with E-state index in [0.29, 0.717) is 11.5 Å². The molecular formula is C13H12N6O. The van der Waals surface area contributed by atoms with Gasteiger partial charge in [-0.05, 0) is 26.0 Å². The van der Waals surface area contributed by atoms with Crippen molar-refractivity contribution in [2.75, 3.05) is 5.73 Å². The molecule has 0 aromatic carbocycles. The lowest BCUT2D eigenvalue weighted by Gasteiger charge is -2.12. The summed E-state index contributed by atoms with van der Waals surface area (Å²) >= 11 is 0. The second-order valence-electron chi connectivity index (χ2n) is 4.27. The van der Waals surface area contributed by atoms with Crippen molar-refractivity contribution in [3.05, 3.63) is 29.8 Å². The van der Waals surface area contributed by atoms with Crippen LogP contribution in [0.3, 0.4) is 0 Å². The first-order valence-corrected chi connectivity index (χ1v) is 5.88. The molecule has 2 heterocycles. The van der Waals surface area contributed by atoms with Gasteiger partial charge in [-0.1, -0.05) is 0 Å². The molecule has 7 nitrogen and oxygen atoms in total. The summed E-state index contributed by atoms with van der Waals surface area (Å²) in [5.74, 6) is 0.703. The van der Waals surface area contributed by atoms with Crippen LogP contribution in [-0.2, 0) is 0 Å². The monoisotopic (exact) mass is 268 g/mol. The smallest absolute Gasteiger partial charge is 0.239 e. The average Bonchev–Trinajstić information content (AvgIpc) is 2.83. The van der Waals surface area contributed by atoms with Crippen LogP contribution in [0.5, 0.6) is 5.88 Å². The molecule has 2 aromatic rings. The molecule has 0 aliphatic rings. The minimum Gasteiger partial charge on any atom is -0.473 e. The predicted octanol–water partition coefficient (Wildman–Crippen LogP) is 1.38. The second kappa shape index (κ2) is 5.29. The molecule has 0 atom stereocenters. The van der Waals surface area contributed by atoms with E-state index in [0.717, 1.165) is 0 Å². The van der Waals surface area contributed by atoms with Gasteiger partial charge in [0.25, 0.3) is 0 Å². The Bertz CT molecular complexity index is 719. The summed E-state index contributed by atoms with van der Waals surface area (Å²) in [6, 6.07) is 7.05. The maximum atomic E-state index is 9.10. The van der Waals surface area contributed by atoms with Crippen LogP contribution in [-0.4, -0.2) is 20.6 Å². The standard InChI is InChI=1S/C13H12N6O/c1-8(2)20-13-9(16)3-4-12(18-13)19-7-17-10(5-14)11(19)6-15/h3-4,7-8H,16H2,1-2H3. The maximum Gasteiger partial charge on any atom is 0.239 e. The van der Waals surface area contributed by atoms with Crippen molar-refractivity contribution in [1.29, 1.82) is 10.5 Å². The van der Waals surface area contributed by atoms with Crippen LogP contribution in [0.2, 0.25) is 0 Å². The molecule has 0 amide bonds. The van der Waals surface area contributed by atoms with Crippen molar-refractivity contribution in [2.24, 2.45) is 0 Å². The Kier molecular flexibility index (Phi) is 3.54. The first-order valence-electron chi connectivity index (χ1n) is 5.88. The molecule has 0 spiro atoms. The number of nitriles is 2. The van der Waals surface area contributed by atoms with Gasteiger partial charge in [0, 0.05) is 0 Å². The van der Waals surface area contributed by atoms with Gasteiger partial charge in [-0.3, -0.25) is 4.57 Å². The van der Waals surface area contributed by atoms with E-state index in [4.69, 9.17) is 21.0 Å². The number of pyridine rings is 1. The Labute approximate surface area is 115 Å². The van der Waals surface area contributed by atoms with Crippen molar-refractivity contribution in [1.82, 2.24) is 14.5 Å². The highest BCUT2D eigenvalue weighted by atomic mass is 16.5. The van der Waals surface area contributed by atoms with E-state index in [1.807, 2.05) is 26.0 Å². The predicted molar refractivity (Wildman–Crippen MR) is 71.0 cm³/mol. The van der Waals surface area contributed by atoms with E-state index in [1.54, 1.807) is 12.1 Å². The molecule has 100 valence electrons. The van der Waals surface area contributed by atoms with E-state index >= 15 is 0 Å². The van der Waals surface area contributed by atoms with Gasteiger partial charge in [0.2, 0.25) is 5.88 Å². The molecule has 7 heteroatoms. The molecule has 0 saturated carbocycles. The lowest BCUT2D eigenvalue weighted by Crippen LogP contribution is -2.10. The zero-order valence-corrected chi connectivity index (χ0v) is 11.0. The van der Waals surface area contributed by atoms with Crippen molar-refractivity contribution in [3.63, 3.8) is 0 Å². The fraction of sp³-hybridized carbons (Fsp3) is 0.231. The molecule has 0 bridgehead atoms. The Hall–Kier alpha value is -3.06. The van der Waals surface area contributed by atoms with Crippen LogP contribution in [0, 0.1) is 22.7 Å². The van der Waals surface area contributed by atoms with Crippen LogP contribution < -0.4 is 10.5 Å². The van der Waals surface area contributed by atoms with Crippen molar-refractivity contribution in [2.45, 2.75) is 20.0 Å². The topological polar surface area (TPSA) is 114 Å². The summed E-state index contributed by atoms with van der Waals surface area (Å²) in [6.45, 7) is 3.72. The fourth-order valence-electron chi connectivity index (χ4n) is 1.60. The molecule has 0 radical (unpaired) electrons. The zero-order chi connectivity index (χ0) is 14.7. The minimum absolute atomic E-state index is 0.0532. The lowest BCUT2D eigenvalue weighted by molar-refractivity contribution is 0.234. The molecule has 2 N–H and O–H groups in total. The van der Waals surface area contributed by atoms with E-state index in [2.05, 4.69) is 9.97 Å². The van der Waals surface area contributed by atoms with Gasteiger partial charge in [0.15, 0.2) is 11.4 Å². The lowest BCUT2D eigenvalue weighted by atomic mass is 10.3. The quantitative estimate of drug-likeness (QED) is 0.899. The highest BCUT2D eigenvalue weighted by molar-refractivity contribution is 5.52. The number of anilines is 1. The average molecular weight is 268 g/mol. The number of hydrogen-bond acceptors (Lipinski definition) is 6. The molecule has 20 heavy (non-hydrogen) atoms. The van der Waals surface area contributed by atoms with E-state index in [1.165, 1.54) is 10.9 Å².